The lowest BCUT2D eigenvalue weighted by Gasteiger charge is -2.17. The second-order valence-corrected chi connectivity index (χ2v) is 3.78. The van der Waals surface area contributed by atoms with Crippen molar-refractivity contribution in [1.29, 1.82) is 0 Å². The molecule has 0 unspecified atom stereocenters. The van der Waals surface area contributed by atoms with Gasteiger partial charge in [0.15, 0.2) is 12.1 Å². The van der Waals surface area contributed by atoms with Crippen molar-refractivity contribution in [3.8, 4) is 5.88 Å². The van der Waals surface area contributed by atoms with Crippen LogP contribution in [-0.2, 0) is 14.3 Å². The summed E-state index contributed by atoms with van der Waals surface area (Å²) in [6, 6.07) is 3.32. The minimum absolute atomic E-state index is 0.208. The Bertz CT molecular complexity index is 437. The molecule has 0 aliphatic heterocycles. The zero-order chi connectivity index (χ0) is 15.0. The van der Waals surface area contributed by atoms with Gasteiger partial charge in [0.05, 0.1) is 19.3 Å². The minimum atomic E-state index is -0.960. The number of ether oxygens (including phenoxy) is 3. The predicted molar refractivity (Wildman–Crippen MR) is 73.2 cm³/mol. The molecule has 0 atom stereocenters. The topological polar surface area (TPSA) is 102 Å². The second kappa shape index (κ2) is 8.18. The maximum atomic E-state index is 10.6. The largest absolute Gasteiger partial charge is 0.481 e. The van der Waals surface area contributed by atoms with Gasteiger partial charge < -0.3 is 30.0 Å². The van der Waals surface area contributed by atoms with E-state index in [0.29, 0.717) is 23.9 Å². The summed E-state index contributed by atoms with van der Waals surface area (Å²) in [6.07, 6.45) is -0.435. The van der Waals surface area contributed by atoms with E-state index in [1.807, 2.05) is 0 Å². The summed E-state index contributed by atoms with van der Waals surface area (Å²) < 4.78 is 15.2. The first kappa shape index (κ1) is 16.0. The van der Waals surface area contributed by atoms with Gasteiger partial charge in [0.2, 0.25) is 5.88 Å². The van der Waals surface area contributed by atoms with Crippen molar-refractivity contribution in [3.05, 3.63) is 12.1 Å². The van der Waals surface area contributed by atoms with Crippen LogP contribution in [0.5, 0.6) is 5.88 Å². The zero-order valence-electron chi connectivity index (χ0n) is 11.7. The first-order valence-electron chi connectivity index (χ1n) is 5.90. The lowest BCUT2D eigenvalue weighted by Crippen LogP contribution is -2.24. The summed E-state index contributed by atoms with van der Waals surface area (Å²) >= 11 is 0. The van der Waals surface area contributed by atoms with E-state index in [1.54, 1.807) is 12.1 Å². The van der Waals surface area contributed by atoms with Crippen molar-refractivity contribution in [2.24, 2.45) is 0 Å². The number of hydrogen-bond acceptors (Lipinski definition) is 7. The third-order valence-electron chi connectivity index (χ3n) is 2.47. The maximum absolute atomic E-state index is 10.6. The molecule has 0 radical (unpaired) electrons. The number of carbonyl (C=O) groups is 1. The van der Waals surface area contributed by atoms with Crippen molar-refractivity contribution in [1.82, 2.24) is 4.98 Å². The number of aliphatic carboxylic acids is 1. The van der Waals surface area contributed by atoms with Gasteiger partial charge in [-0.3, -0.25) is 4.79 Å². The summed E-state index contributed by atoms with van der Waals surface area (Å²) in [7, 11) is 4.56. The second-order valence-electron chi connectivity index (χ2n) is 3.78. The Morgan fingerprint density at radius 3 is 2.55 bits per heavy atom. The van der Waals surface area contributed by atoms with E-state index in [9.17, 15) is 4.79 Å². The summed E-state index contributed by atoms with van der Waals surface area (Å²) in [5, 5.41) is 14.5. The summed E-state index contributed by atoms with van der Waals surface area (Å²) in [5.41, 5.74) is 0.555. The number of nitrogens with one attached hydrogen (secondary N) is 2. The summed E-state index contributed by atoms with van der Waals surface area (Å²) in [4.78, 5) is 14.8. The highest BCUT2D eigenvalue weighted by Crippen LogP contribution is 2.22. The summed E-state index contributed by atoms with van der Waals surface area (Å²) in [5.74, 6) is -0.0807. The van der Waals surface area contributed by atoms with Crippen molar-refractivity contribution >= 4 is 17.5 Å². The van der Waals surface area contributed by atoms with Crippen LogP contribution < -0.4 is 15.4 Å². The fourth-order valence-electron chi connectivity index (χ4n) is 1.45. The smallest absolute Gasteiger partial charge is 0.322 e. The predicted octanol–water partition coefficient (Wildman–Crippen LogP) is 0.617. The molecule has 0 saturated carbocycles. The van der Waals surface area contributed by atoms with Gasteiger partial charge in [-0.1, -0.05) is 0 Å². The number of carboxylic acids is 1. The van der Waals surface area contributed by atoms with Crippen LogP contribution in [0.2, 0.25) is 0 Å². The Morgan fingerprint density at radius 1 is 1.30 bits per heavy atom. The fraction of sp³-hybridized carbons (Fsp3) is 0.500. The lowest BCUT2D eigenvalue weighted by atomic mass is 10.3. The molecule has 20 heavy (non-hydrogen) atoms. The molecule has 1 heterocycles. The third kappa shape index (κ3) is 4.90. The first-order chi connectivity index (χ1) is 9.60. The van der Waals surface area contributed by atoms with Crippen LogP contribution in [0.3, 0.4) is 0 Å². The molecule has 0 spiro atoms. The molecule has 0 amide bonds. The van der Waals surface area contributed by atoms with Crippen molar-refractivity contribution in [2.75, 3.05) is 45.1 Å². The Hall–Kier alpha value is -2.06. The number of carboxylic acid groups (broad SMARTS) is 1. The van der Waals surface area contributed by atoms with Gasteiger partial charge >= 0.3 is 5.97 Å². The van der Waals surface area contributed by atoms with Crippen molar-refractivity contribution in [2.45, 2.75) is 6.29 Å². The highest BCUT2D eigenvalue weighted by atomic mass is 16.7. The normalized spacial score (nSPS) is 10.4. The first-order valence-corrected chi connectivity index (χ1v) is 5.90. The molecule has 0 aliphatic carbocycles. The molecule has 0 saturated heterocycles. The minimum Gasteiger partial charge on any atom is -0.481 e. The van der Waals surface area contributed by atoms with E-state index in [2.05, 4.69) is 15.6 Å². The van der Waals surface area contributed by atoms with Gasteiger partial charge in [-0.15, -0.1) is 0 Å². The lowest BCUT2D eigenvalue weighted by molar-refractivity contribution is -0.134. The Labute approximate surface area is 117 Å². The number of rotatable bonds is 9. The third-order valence-corrected chi connectivity index (χ3v) is 2.47. The number of nitrogens with zero attached hydrogens (tertiary/aromatic N) is 1. The van der Waals surface area contributed by atoms with Gasteiger partial charge in [0.25, 0.3) is 0 Å². The van der Waals surface area contributed by atoms with Crippen LogP contribution in [0.4, 0.5) is 11.5 Å². The SMILES string of the molecule is COc1ccc(NCC(=O)O)c(NCC(OC)OC)n1. The van der Waals surface area contributed by atoms with Gasteiger partial charge in [-0.25, -0.2) is 0 Å². The van der Waals surface area contributed by atoms with E-state index in [4.69, 9.17) is 19.3 Å². The quantitative estimate of drug-likeness (QED) is 0.567. The fourth-order valence-corrected chi connectivity index (χ4v) is 1.45. The van der Waals surface area contributed by atoms with Crippen LogP contribution in [-0.4, -0.2) is 56.8 Å². The molecule has 8 heteroatoms. The molecule has 1 rings (SSSR count). The number of aromatic nitrogens is 1. The van der Waals surface area contributed by atoms with Gasteiger partial charge in [-0.2, -0.15) is 4.98 Å². The number of pyridine rings is 1. The van der Waals surface area contributed by atoms with E-state index in [1.165, 1.54) is 21.3 Å². The van der Waals surface area contributed by atoms with Gasteiger partial charge in [0, 0.05) is 20.3 Å². The van der Waals surface area contributed by atoms with Crippen LogP contribution in [0.15, 0.2) is 12.1 Å². The van der Waals surface area contributed by atoms with Crippen LogP contribution in [0.25, 0.3) is 0 Å². The molecule has 0 aliphatic rings. The molecule has 8 nitrogen and oxygen atoms in total. The molecular weight excluding hydrogens is 266 g/mol. The molecule has 1 aromatic heterocycles. The molecule has 1 aromatic rings. The molecule has 112 valence electrons. The molecule has 0 fully saturated rings. The van der Waals surface area contributed by atoms with E-state index in [0.717, 1.165) is 0 Å². The standard InChI is InChI=1S/C12H19N3O5/c1-18-9-5-4-8(13-6-10(16)17)12(15-9)14-7-11(19-2)20-3/h4-5,11,13H,6-7H2,1-3H3,(H,14,15)(H,16,17). The Balaban J connectivity index is 2.79. The zero-order valence-corrected chi connectivity index (χ0v) is 11.7. The average Bonchev–Trinajstić information content (AvgIpc) is 2.46. The van der Waals surface area contributed by atoms with Crippen LogP contribution in [0.1, 0.15) is 0 Å². The van der Waals surface area contributed by atoms with E-state index >= 15 is 0 Å². The number of methoxy groups -OCH3 is 3. The molecule has 0 bridgehead atoms. The van der Waals surface area contributed by atoms with Crippen LogP contribution in [0, 0.1) is 0 Å². The highest BCUT2D eigenvalue weighted by Gasteiger charge is 2.10. The number of anilines is 2. The van der Waals surface area contributed by atoms with E-state index in [-0.39, 0.29) is 6.54 Å². The highest BCUT2D eigenvalue weighted by molar-refractivity contribution is 5.75. The van der Waals surface area contributed by atoms with Crippen molar-refractivity contribution < 1.29 is 24.1 Å². The average molecular weight is 285 g/mol. The molecular formula is C12H19N3O5. The molecule has 0 aromatic carbocycles. The van der Waals surface area contributed by atoms with Gasteiger partial charge in [0.1, 0.15) is 6.54 Å². The molecule has 3 N–H and O–H groups in total. The summed E-state index contributed by atoms with van der Waals surface area (Å²) in [6.45, 7) is 0.148. The van der Waals surface area contributed by atoms with Crippen molar-refractivity contribution in [3.63, 3.8) is 0 Å². The maximum Gasteiger partial charge on any atom is 0.322 e. The van der Waals surface area contributed by atoms with E-state index < -0.39 is 12.3 Å². The monoisotopic (exact) mass is 285 g/mol. The van der Waals surface area contributed by atoms with Gasteiger partial charge in [-0.05, 0) is 6.07 Å². The Kier molecular flexibility index (Phi) is 6.54. The van der Waals surface area contributed by atoms with Crippen LogP contribution >= 0.6 is 0 Å². The number of hydrogen-bond donors (Lipinski definition) is 3. The Morgan fingerprint density at radius 2 is 2.00 bits per heavy atom.